The SMILES string of the molecule is O=C(C=Cc1ccoc1)NC(Cc1cnc[nH]1)C(=O)O. The third-order valence-corrected chi connectivity index (χ3v) is 2.56. The molecule has 0 radical (unpaired) electrons. The summed E-state index contributed by atoms with van der Waals surface area (Å²) in [5, 5.41) is 11.5. The van der Waals surface area contributed by atoms with Crippen LogP contribution < -0.4 is 5.32 Å². The van der Waals surface area contributed by atoms with Crippen molar-refractivity contribution >= 4 is 18.0 Å². The van der Waals surface area contributed by atoms with Crippen molar-refractivity contribution in [2.45, 2.75) is 12.5 Å². The molecular weight excluding hydrogens is 262 g/mol. The molecule has 7 heteroatoms. The van der Waals surface area contributed by atoms with Crippen LogP contribution in [0, 0.1) is 0 Å². The highest BCUT2D eigenvalue weighted by molar-refractivity contribution is 5.94. The van der Waals surface area contributed by atoms with E-state index >= 15 is 0 Å². The fourth-order valence-electron chi connectivity index (χ4n) is 1.58. The number of amides is 1. The molecule has 2 aromatic rings. The molecule has 104 valence electrons. The van der Waals surface area contributed by atoms with E-state index in [2.05, 4.69) is 15.3 Å². The number of nitrogens with zero attached hydrogens (tertiary/aromatic N) is 1. The lowest BCUT2D eigenvalue weighted by Crippen LogP contribution is -2.41. The van der Waals surface area contributed by atoms with Gasteiger partial charge in [-0.3, -0.25) is 4.79 Å². The highest BCUT2D eigenvalue weighted by atomic mass is 16.4. The predicted molar refractivity (Wildman–Crippen MR) is 69.6 cm³/mol. The van der Waals surface area contributed by atoms with Gasteiger partial charge in [0.2, 0.25) is 5.91 Å². The summed E-state index contributed by atoms with van der Waals surface area (Å²) in [6.45, 7) is 0. The first-order chi connectivity index (χ1) is 9.65. The van der Waals surface area contributed by atoms with E-state index in [0.29, 0.717) is 5.69 Å². The maximum Gasteiger partial charge on any atom is 0.326 e. The Kier molecular flexibility index (Phi) is 4.33. The van der Waals surface area contributed by atoms with Crippen LogP contribution in [0.4, 0.5) is 0 Å². The van der Waals surface area contributed by atoms with Gasteiger partial charge in [0.1, 0.15) is 6.04 Å². The lowest BCUT2D eigenvalue weighted by Gasteiger charge is -2.11. The third kappa shape index (κ3) is 3.84. The number of furan rings is 1. The lowest BCUT2D eigenvalue weighted by molar-refractivity contribution is -0.141. The minimum absolute atomic E-state index is 0.140. The fraction of sp³-hybridized carbons (Fsp3) is 0.154. The van der Waals surface area contributed by atoms with Gasteiger partial charge >= 0.3 is 5.97 Å². The Bertz CT molecular complexity index is 587. The summed E-state index contributed by atoms with van der Waals surface area (Å²) in [5.41, 5.74) is 1.36. The van der Waals surface area contributed by atoms with Crippen molar-refractivity contribution in [2.75, 3.05) is 0 Å². The molecule has 1 unspecified atom stereocenters. The number of carboxylic acids is 1. The van der Waals surface area contributed by atoms with Gasteiger partial charge in [-0.05, 0) is 12.1 Å². The normalized spacial score (nSPS) is 12.4. The highest BCUT2D eigenvalue weighted by Crippen LogP contribution is 2.03. The van der Waals surface area contributed by atoms with Crippen LogP contribution in [0.15, 0.2) is 41.6 Å². The number of aliphatic carboxylic acids is 1. The molecule has 3 N–H and O–H groups in total. The number of carbonyl (C=O) groups excluding carboxylic acids is 1. The molecular formula is C13H13N3O4. The second-order valence-electron chi connectivity index (χ2n) is 4.07. The molecule has 1 atom stereocenters. The number of nitrogens with one attached hydrogen (secondary N) is 2. The van der Waals surface area contributed by atoms with Crippen molar-refractivity contribution in [1.82, 2.24) is 15.3 Å². The van der Waals surface area contributed by atoms with E-state index in [1.54, 1.807) is 6.07 Å². The smallest absolute Gasteiger partial charge is 0.326 e. The minimum Gasteiger partial charge on any atom is -0.480 e. The summed E-state index contributed by atoms with van der Waals surface area (Å²) < 4.78 is 4.85. The molecule has 0 saturated carbocycles. The molecule has 0 fully saturated rings. The average Bonchev–Trinajstić information content (AvgIpc) is 3.08. The second kappa shape index (κ2) is 6.37. The Morgan fingerprint density at radius 3 is 3.00 bits per heavy atom. The molecule has 20 heavy (non-hydrogen) atoms. The first kappa shape index (κ1) is 13.6. The Morgan fingerprint density at radius 1 is 1.55 bits per heavy atom. The van der Waals surface area contributed by atoms with Gasteiger partial charge in [0, 0.05) is 30.0 Å². The van der Waals surface area contributed by atoms with Crippen molar-refractivity contribution in [3.05, 3.63) is 48.5 Å². The van der Waals surface area contributed by atoms with Crippen LogP contribution in [-0.2, 0) is 16.0 Å². The van der Waals surface area contributed by atoms with E-state index < -0.39 is 17.9 Å². The van der Waals surface area contributed by atoms with Crippen LogP contribution in [0.2, 0.25) is 0 Å². The molecule has 0 aromatic carbocycles. The molecule has 0 aliphatic carbocycles. The van der Waals surface area contributed by atoms with E-state index in [1.165, 1.54) is 37.2 Å². The van der Waals surface area contributed by atoms with Crippen molar-refractivity contribution in [3.8, 4) is 0 Å². The Balaban J connectivity index is 1.94. The highest BCUT2D eigenvalue weighted by Gasteiger charge is 2.19. The Hall–Kier alpha value is -2.83. The van der Waals surface area contributed by atoms with Gasteiger partial charge in [-0.2, -0.15) is 0 Å². The van der Waals surface area contributed by atoms with E-state index in [4.69, 9.17) is 9.52 Å². The lowest BCUT2D eigenvalue weighted by atomic mass is 10.1. The largest absolute Gasteiger partial charge is 0.480 e. The minimum atomic E-state index is -1.11. The number of carbonyl (C=O) groups is 2. The summed E-state index contributed by atoms with van der Waals surface area (Å²) in [6.07, 6.45) is 8.86. The van der Waals surface area contributed by atoms with Gasteiger partial charge in [-0.15, -0.1) is 0 Å². The number of carboxylic acid groups (broad SMARTS) is 1. The summed E-state index contributed by atoms with van der Waals surface area (Å²) in [5.74, 6) is -1.59. The van der Waals surface area contributed by atoms with Gasteiger partial charge in [-0.1, -0.05) is 0 Å². The summed E-state index contributed by atoms with van der Waals surface area (Å²) in [7, 11) is 0. The molecule has 1 amide bonds. The van der Waals surface area contributed by atoms with Gasteiger partial charge in [0.15, 0.2) is 0 Å². The monoisotopic (exact) mass is 275 g/mol. The molecule has 2 aromatic heterocycles. The van der Waals surface area contributed by atoms with Crippen LogP contribution >= 0.6 is 0 Å². The topological polar surface area (TPSA) is 108 Å². The molecule has 2 heterocycles. The van der Waals surface area contributed by atoms with E-state index in [-0.39, 0.29) is 6.42 Å². The molecule has 0 spiro atoms. The molecule has 0 aliphatic rings. The zero-order valence-corrected chi connectivity index (χ0v) is 10.4. The number of hydrogen-bond acceptors (Lipinski definition) is 4. The van der Waals surface area contributed by atoms with Crippen LogP contribution in [-0.4, -0.2) is 33.0 Å². The van der Waals surface area contributed by atoms with Crippen molar-refractivity contribution < 1.29 is 19.1 Å². The van der Waals surface area contributed by atoms with Gasteiger partial charge in [0.05, 0.1) is 18.9 Å². The molecule has 0 aliphatic heterocycles. The van der Waals surface area contributed by atoms with Crippen LogP contribution in [0.3, 0.4) is 0 Å². The zero-order valence-electron chi connectivity index (χ0n) is 10.4. The summed E-state index contributed by atoms with van der Waals surface area (Å²) >= 11 is 0. The van der Waals surface area contributed by atoms with Crippen molar-refractivity contribution in [1.29, 1.82) is 0 Å². The van der Waals surface area contributed by atoms with Crippen LogP contribution in [0.1, 0.15) is 11.3 Å². The van der Waals surface area contributed by atoms with E-state index in [9.17, 15) is 9.59 Å². The number of hydrogen-bond donors (Lipinski definition) is 3. The maximum absolute atomic E-state index is 11.7. The summed E-state index contributed by atoms with van der Waals surface area (Å²) in [4.78, 5) is 29.4. The van der Waals surface area contributed by atoms with Gasteiger partial charge in [-0.25, -0.2) is 9.78 Å². The predicted octanol–water partition coefficient (Wildman–Crippen LogP) is 0.828. The quantitative estimate of drug-likeness (QED) is 0.676. The molecule has 2 rings (SSSR count). The maximum atomic E-state index is 11.7. The fourth-order valence-corrected chi connectivity index (χ4v) is 1.58. The third-order valence-electron chi connectivity index (χ3n) is 2.56. The Morgan fingerprint density at radius 2 is 2.40 bits per heavy atom. The number of rotatable bonds is 6. The number of aromatic nitrogens is 2. The molecule has 0 saturated heterocycles. The Labute approximate surface area is 114 Å². The molecule has 7 nitrogen and oxygen atoms in total. The van der Waals surface area contributed by atoms with Crippen molar-refractivity contribution in [3.63, 3.8) is 0 Å². The number of imidazole rings is 1. The van der Waals surface area contributed by atoms with Gasteiger partial charge in [0.25, 0.3) is 0 Å². The first-order valence-corrected chi connectivity index (χ1v) is 5.86. The standard InChI is InChI=1S/C13H13N3O4/c17-12(2-1-9-3-4-20-7-9)16-11(13(18)19)5-10-6-14-8-15-10/h1-4,6-8,11H,5H2,(H,14,15)(H,16,17)(H,18,19). The number of aromatic amines is 1. The molecule has 0 bridgehead atoms. The van der Waals surface area contributed by atoms with Gasteiger partial charge < -0.3 is 19.8 Å². The second-order valence-corrected chi connectivity index (χ2v) is 4.07. The van der Waals surface area contributed by atoms with Crippen molar-refractivity contribution in [2.24, 2.45) is 0 Å². The van der Waals surface area contributed by atoms with E-state index in [1.807, 2.05) is 0 Å². The number of H-pyrrole nitrogens is 1. The average molecular weight is 275 g/mol. The van der Waals surface area contributed by atoms with Crippen LogP contribution in [0.25, 0.3) is 6.08 Å². The summed E-state index contributed by atoms with van der Waals surface area (Å²) in [6, 6.07) is 0.667. The zero-order chi connectivity index (χ0) is 14.4. The van der Waals surface area contributed by atoms with E-state index in [0.717, 1.165) is 5.56 Å². The van der Waals surface area contributed by atoms with Crippen LogP contribution in [0.5, 0.6) is 0 Å². The first-order valence-electron chi connectivity index (χ1n) is 5.86.